The molecule has 2 N–H and O–H groups in total. The van der Waals surface area contributed by atoms with Crippen molar-refractivity contribution in [3.8, 4) is 0 Å². The minimum Gasteiger partial charge on any atom is -0.377 e. The van der Waals surface area contributed by atoms with Gasteiger partial charge in [0.15, 0.2) is 0 Å². The van der Waals surface area contributed by atoms with E-state index in [2.05, 4.69) is 10.4 Å². The van der Waals surface area contributed by atoms with Gasteiger partial charge in [0.25, 0.3) is 0 Å². The molecule has 1 heterocycles. The molecular formula is C11H18N2OS. The third-order valence-corrected chi connectivity index (χ3v) is 4.33. The Kier molecular flexibility index (Phi) is 3.09. The van der Waals surface area contributed by atoms with Gasteiger partial charge in [-0.15, -0.1) is 11.3 Å². The quantitative estimate of drug-likeness (QED) is 0.853. The van der Waals surface area contributed by atoms with E-state index in [0.29, 0.717) is 0 Å². The van der Waals surface area contributed by atoms with Crippen molar-refractivity contribution in [2.75, 3.05) is 7.11 Å². The van der Waals surface area contributed by atoms with Crippen LogP contribution in [0.4, 0.5) is 0 Å². The highest BCUT2D eigenvalue weighted by atomic mass is 32.1. The molecular weight excluding hydrogens is 208 g/mol. The zero-order valence-electron chi connectivity index (χ0n) is 9.32. The van der Waals surface area contributed by atoms with Crippen LogP contribution in [0.1, 0.15) is 30.0 Å². The Balaban J connectivity index is 1.99. The van der Waals surface area contributed by atoms with E-state index < -0.39 is 0 Å². The second-order valence-electron chi connectivity index (χ2n) is 4.32. The van der Waals surface area contributed by atoms with E-state index in [1.807, 2.05) is 6.92 Å². The maximum absolute atomic E-state index is 6.21. The van der Waals surface area contributed by atoms with Crippen molar-refractivity contribution in [2.45, 2.75) is 44.2 Å². The predicted molar refractivity (Wildman–Crippen MR) is 62.1 cm³/mol. The Morgan fingerprint density at radius 3 is 2.80 bits per heavy atom. The number of aromatic nitrogens is 1. The summed E-state index contributed by atoms with van der Waals surface area (Å²) in [6, 6.07) is 0.0850. The van der Waals surface area contributed by atoms with Crippen molar-refractivity contribution in [2.24, 2.45) is 5.73 Å². The Morgan fingerprint density at radius 2 is 2.40 bits per heavy atom. The summed E-state index contributed by atoms with van der Waals surface area (Å²) in [5.41, 5.74) is 7.22. The molecule has 0 saturated heterocycles. The topological polar surface area (TPSA) is 48.1 Å². The van der Waals surface area contributed by atoms with Crippen LogP contribution in [-0.4, -0.2) is 23.7 Å². The lowest BCUT2D eigenvalue weighted by Gasteiger charge is -2.44. The van der Waals surface area contributed by atoms with Crippen molar-refractivity contribution in [1.82, 2.24) is 4.98 Å². The van der Waals surface area contributed by atoms with Gasteiger partial charge in [0, 0.05) is 30.6 Å². The zero-order chi connectivity index (χ0) is 10.9. The molecule has 0 radical (unpaired) electrons. The summed E-state index contributed by atoms with van der Waals surface area (Å²) in [6.07, 6.45) is 4.26. The van der Waals surface area contributed by atoms with Crippen molar-refractivity contribution in [1.29, 1.82) is 0 Å². The average molecular weight is 226 g/mol. The number of aryl methyl sites for hydroxylation is 1. The van der Waals surface area contributed by atoms with Crippen LogP contribution < -0.4 is 5.73 Å². The molecule has 3 nitrogen and oxygen atoms in total. The highest BCUT2D eigenvalue weighted by molar-refractivity contribution is 7.09. The zero-order valence-corrected chi connectivity index (χ0v) is 10.1. The normalized spacial score (nSPS) is 21.0. The number of rotatable bonds is 4. The molecule has 1 aliphatic rings. The molecule has 2 rings (SSSR count). The van der Waals surface area contributed by atoms with Gasteiger partial charge in [-0.1, -0.05) is 0 Å². The van der Waals surface area contributed by atoms with Crippen LogP contribution in [0.25, 0.3) is 0 Å². The number of methoxy groups -OCH3 is 1. The van der Waals surface area contributed by atoms with Crippen LogP contribution in [0.2, 0.25) is 0 Å². The lowest BCUT2D eigenvalue weighted by atomic mass is 9.74. The van der Waals surface area contributed by atoms with Gasteiger partial charge in [-0.2, -0.15) is 0 Å². The van der Waals surface area contributed by atoms with Crippen LogP contribution in [0.5, 0.6) is 0 Å². The summed E-state index contributed by atoms with van der Waals surface area (Å²) in [7, 11) is 1.77. The summed E-state index contributed by atoms with van der Waals surface area (Å²) in [5.74, 6) is 0. The molecule has 4 heteroatoms. The number of thiazole rings is 1. The van der Waals surface area contributed by atoms with E-state index >= 15 is 0 Å². The van der Waals surface area contributed by atoms with Crippen molar-refractivity contribution in [3.05, 3.63) is 16.1 Å². The standard InChI is InChI=1S/C11H18N2OS/c1-8-7-15-10(13-8)6-9(12)11(14-2)4-3-5-11/h7,9H,3-6,12H2,1-2H3. The third kappa shape index (κ3) is 2.07. The molecule has 0 spiro atoms. The lowest BCUT2D eigenvalue weighted by Crippen LogP contribution is -2.55. The largest absolute Gasteiger partial charge is 0.377 e. The first kappa shape index (κ1) is 11.0. The van der Waals surface area contributed by atoms with Gasteiger partial charge in [-0.05, 0) is 26.2 Å². The van der Waals surface area contributed by atoms with Gasteiger partial charge in [-0.25, -0.2) is 4.98 Å². The maximum Gasteiger partial charge on any atom is 0.0944 e. The average Bonchev–Trinajstić information content (AvgIpc) is 2.50. The van der Waals surface area contributed by atoms with E-state index in [0.717, 1.165) is 30.0 Å². The fourth-order valence-corrected chi connectivity index (χ4v) is 2.95. The fraction of sp³-hybridized carbons (Fsp3) is 0.727. The van der Waals surface area contributed by atoms with E-state index in [-0.39, 0.29) is 11.6 Å². The predicted octanol–water partition coefficient (Wildman–Crippen LogP) is 1.89. The molecule has 1 aliphatic carbocycles. The second kappa shape index (κ2) is 4.20. The molecule has 84 valence electrons. The Bertz CT molecular complexity index is 328. The van der Waals surface area contributed by atoms with Crippen molar-refractivity contribution in [3.63, 3.8) is 0 Å². The highest BCUT2D eigenvalue weighted by Crippen LogP contribution is 2.38. The summed E-state index contributed by atoms with van der Waals surface area (Å²) < 4.78 is 5.57. The first-order valence-electron chi connectivity index (χ1n) is 5.38. The van der Waals surface area contributed by atoms with Crippen LogP contribution in [0.15, 0.2) is 5.38 Å². The second-order valence-corrected chi connectivity index (χ2v) is 5.26. The van der Waals surface area contributed by atoms with Crippen LogP contribution in [0, 0.1) is 6.92 Å². The monoisotopic (exact) mass is 226 g/mol. The summed E-state index contributed by atoms with van der Waals surface area (Å²) in [6.45, 7) is 2.01. The van der Waals surface area contributed by atoms with Crippen LogP contribution in [0.3, 0.4) is 0 Å². The lowest BCUT2D eigenvalue weighted by molar-refractivity contribution is -0.0897. The number of hydrogen-bond acceptors (Lipinski definition) is 4. The molecule has 15 heavy (non-hydrogen) atoms. The Hall–Kier alpha value is -0.450. The highest BCUT2D eigenvalue weighted by Gasteiger charge is 2.42. The Morgan fingerprint density at radius 1 is 1.67 bits per heavy atom. The summed E-state index contributed by atoms with van der Waals surface area (Å²) >= 11 is 1.69. The van der Waals surface area contributed by atoms with Gasteiger partial charge < -0.3 is 10.5 Å². The number of nitrogens with two attached hydrogens (primary N) is 1. The van der Waals surface area contributed by atoms with Gasteiger partial charge in [0.2, 0.25) is 0 Å². The number of hydrogen-bond donors (Lipinski definition) is 1. The first-order valence-corrected chi connectivity index (χ1v) is 6.26. The number of ether oxygens (including phenoxy) is 1. The molecule has 0 aromatic carbocycles. The van der Waals surface area contributed by atoms with E-state index in [9.17, 15) is 0 Å². The van der Waals surface area contributed by atoms with Gasteiger partial charge >= 0.3 is 0 Å². The van der Waals surface area contributed by atoms with Gasteiger partial charge in [0.05, 0.1) is 10.6 Å². The number of nitrogens with zero attached hydrogens (tertiary/aromatic N) is 1. The van der Waals surface area contributed by atoms with E-state index in [1.165, 1.54) is 6.42 Å². The van der Waals surface area contributed by atoms with Crippen LogP contribution in [-0.2, 0) is 11.2 Å². The molecule has 0 aliphatic heterocycles. The SMILES string of the molecule is COC1(C(N)Cc2nc(C)cs2)CCC1. The molecule has 1 fully saturated rings. The molecule has 1 unspecified atom stereocenters. The minimum absolute atomic E-state index is 0.0699. The van der Waals surface area contributed by atoms with Gasteiger partial charge in [0.1, 0.15) is 0 Å². The smallest absolute Gasteiger partial charge is 0.0944 e. The van der Waals surface area contributed by atoms with Gasteiger partial charge in [-0.3, -0.25) is 0 Å². The molecule has 0 bridgehead atoms. The molecule has 1 aromatic rings. The summed E-state index contributed by atoms with van der Waals surface area (Å²) in [4.78, 5) is 4.44. The van der Waals surface area contributed by atoms with E-state index in [1.54, 1.807) is 18.4 Å². The van der Waals surface area contributed by atoms with Crippen LogP contribution >= 0.6 is 11.3 Å². The first-order chi connectivity index (χ1) is 7.16. The molecule has 1 saturated carbocycles. The minimum atomic E-state index is -0.0699. The molecule has 1 aromatic heterocycles. The Labute approximate surface area is 94.7 Å². The summed E-state index contributed by atoms with van der Waals surface area (Å²) in [5, 5.41) is 3.20. The molecule has 0 amide bonds. The van der Waals surface area contributed by atoms with E-state index in [4.69, 9.17) is 10.5 Å². The third-order valence-electron chi connectivity index (χ3n) is 3.34. The molecule has 1 atom stereocenters. The van der Waals surface area contributed by atoms with Crippen molar-refractivity contribution >= 4 is 11.3 Å². The van der Waals surface area contributed by atoms with Crippen molar-refractivity contribution < 1.29 is 4.74 Å². The fourth-order valence-electron chi connectivity index (χ4n) is 2.12. The maximum atomic E-state index is 6.21.